The van der Waals surface area contributed by atoms with E-state index in [-0.39, 0.29) is 17.2 Å². The largest absolute Gasteiger partial charge is 0.337 e. The standard InChI is InChI=1S/C18H24N6O/c1-11-13(8-23(2)22-11)17(25)24-9-14(18(10-24)6-3-7-18)16-19-15(20-21-16)12-4-5-12/h8,12,14H,3-7,9-10H2,1-2H3,(H,19,20,21). The Morgan fingerprint density at radius 1 is 1.36 bits per heavy atom. The van der Waals surface area contributed by atoms with Crippen molar-refractivity contribution < 1.29 is 4.79 Å². The predicted molar refractivity (Wildman–Crippen MR) is 91.2 cm³/mol. The third kappa shape index (κ3) is 2.32. The van der Waals surface area contributed by atoms with Crippen LogP contribution in [0.2, 0.25) is 0 Å². The molecule has 1 spiro atoms. The Kier molecular flexibility index (Phi) is 3.12. The number of H-pyrrole nitrogens is 1. The quantitative estimate of drug-likeness (QED) is 0.928. The molecule has 7 nitrogen and oxygen atoms in total. The molecule has 132 valence electrons. The maximum absolute atomic E-state index is 13.0. The fourth-order valence-electron chi connectivity index (χ4n) is 4.59. The lowest BCUT2D eigenvalue weighted by atomic mass is 9.62. The summed E-state index contributed by atoms with van der Waals surface area (Å²) in [5, 5.41) is 12.0. The molecule has 2 aromatic rings. The molecule has 5 rings (SSSR count). The van der Waals surface area contributed by atoms with Crippen LogP contribution in [-0.2, 0) is 7.05 Å². The van der Waals surface area contributed by atoms with Crippen molar-refractivity contribution in [2.24, 2.45) is 12.5 Å². The van der Waals surface area contributed by atoms with Gasteiger partial charge in [-0.2, -0.15) is 10.2 Å². The third-order valence-electron chi connectivity index (χ3n) is 6.32. The summed E-state index contributed by atoms with van der Waals surface area (Å²) in [6, 6.07) is 0. The number of carbonyl (C=O) groups is 1. The molecule has 2 aliphatic carbocycles. The molecule has 0 bridgehead atoms. The second kappa shape index (κ2) is 5.16. The molecule has 3 heterocycles. The molecule has 1 saturated heterocycles. The van der Waals surface area contributed by atoms with Crippen molar-refractivity contribution in [1.29, 1.82) is 0 Å². The minimum absolute atomic E-state index is 0.0984. The Hall–Kier alpha value is -2.18. The Bertz CT molecular complexity index is 828. The van der Waals surface area contributed by atoms with Gasteiger partial charge in [0.15, 0.2) is 5.82 Å². The van der Waals surface area contributed by atoms with Crippen LogP contribution >= 0.6 is 0 Å². The summed E-state index contributed by atoms with van der Waals surface area (Å²) in [6.45, 7) is 3.45. The molecule has 0 radical (unpaired) electrons. The first-order chi connectivity index (χ1) is 12.1. The first kappa shape index (κ1) is 15.1. The zero-order chi connectivity index (χ0) is 17.2. The number of nitrogens with one attached hydrogen (secondary N) is 1. The van der Waals surface area contributed by atoms with Gasteiger partial charge in [0.1, 0.15) is 5.82 Å². The summed E-state index contributed by atoms with van der Waals surface area (Å²) in [5.74, 6) is 2.89. The minimum atomic E-state index is 0.0984. The summed E-state index contributed by atoms with van der Waals surface area (Å²) >= 11 is 0. The molecule has 0 aromatic carbocycles. The molecule has 2 aromatic heterocycles. The average molecular weight is 340 g/mol. The SMILES string of the molecule is Cc1nn(C)cc1C(=O)N1CC(c2nc(C3CC3)n[nH]2)C2(CCC2)C1. The zero-order valence-electron chi connectivity index (χ0n) is 14.8. The van der Waals surface area contributed by atoms with Gasteiger partial charge in [-0.1, -0.05) is 6.42 Å². The van der Waals surface area contributed by atoms with Crippen molar-refractivity contribution >= 4 is 5.91 Å². The van der Waals surface area contributed by atoms with Crippen LogP contribution in [0.4, 0.5) is 0 Å². The van der Waals surface area contributed by atoms with Crippen LogP contribution < -0.4 is 0 Å². The number of rotatable bonds is 3. The van der Waals surface area contributed by atoms with Crippen molar-refractivity contribution in [3.8, 4) is 0 Å². The molecular formula is C18H24N6O. The second-order valence-electron chi connectivity index (χ2n) is 8.11. The van der Waals surface area contributed by atoms with Crippen LogP contribution in [0.1, 0.15) is 71.6 Å². The van der Waals surface area contributed by atoms with Crippen molar-refractivity contribution in [2.75, 3.05) is 13.1 Å². The van der Waals surface area contributed by atoms with Crippen molar-refractivity contribution in [1.82, 2.24) is 29.9 Å². The van der Waals surface area contributed by atoms with Gasteiger partial charge >= 0.3 is 0 Å². The van der Waals surface area contributed by atoms with E-state index < -0.39 is 0 Å². The average Bonchev–Trinajstić information content (AvgIpc) is 3.01. The number of carbonyl (C=O) groups excluding carboxylic acids is 1. The molecule has 1 aliphatic heterocycles. The van der Waals surface area contributed by atoms with E-state index in [4.69, 9.17) is 4.98 Å². The number of aromatic amines is 1. The molecule has 3 fully saturated rings. The van der Waals surface area contributed by atoms with Gasteiger partial charge in [0, 0.05) is 38.2 Å². The van der Waals surface area contributed by atoms with Crippen LogP contribution in [0.5, 0.6) is 0 Å². The summed E-state index contributed by atoms with van der Waals surface area (Å²) in [7, 11) is 1.86. The molecule has 1 amide bonds. The fraction of sp³-hybridized carbons (Fsp3) is 0.667. The van der Waals surface area contributed by atoms with Crippen LogP contribution in [0, 0.1) is 12.3 Å². The topological polar surface area (TPSA) is 79.7 Å². The molecule has 1 N–H and O–H groups in total. The number of aryl methyl sites for hydroxylation is 2. The van der Waals surface area contributed by atoms with E-state index >= 15 is 0 Å². The Balaban J connectivity index is 1.42. The van der Waals surface area contributed by atoms with Gasteiger partial charge in [0.25, 0.3) is 5.91 Å². The predicted octanol–water partition coefficient (Wildman–Crippen LogP) is 2.13. The van der Waals surface area contributed by atoms with Crippen molar-refractivity contribution in [3.63, 3.8) is 0 Å². The van der Waals surface area contributed by atoms with E-state index in [1.807, 2.05) is 25.1 Å². The summed E-state index contributed by atoms with van der Waals surface area (Å²) < 4.78 is 1.72. The summed E-state index contributed by atoms with van der Waals surface area (Å²) in [5.41, 5.74) is 1.70. The van der Waals surface area contributed by atoms with E-state index in [9.17, 15) is 4.79 Å². The molecule has 1 unspecified atom stereocenters. The van der Waals surface area contributed by atoms with Crippen LogP contribution in [0.15, 0.2) is 6.20 Å². The molecule has 3 aliphatic rings. The lowest BCUT2D eigenvalue weighted by Gasteiger charge is -2.41. The normalized spacial score (nSPS) is 24.7. The smallest absolute Gasteiger partial charge is 0.257 e. The number of nitrogens with zero attached hydrogens (tertiary/aromatic N) is 5. The number of amides is 1. The highest BCUT2D eigenvalue weighted by Crippen LogP contribution is 2.55. The van der Waals surface area contributed by atoms with Gasteiger partial charge in [-0.25, -0.2) is 4.98 Å². The van der Waals surface area contributed by atoms with Crippen LogP contribution in [-0.4, -0.2) is 48.9 Å². The van der Waals surface area contributed by atoms with E-state index in [1.54, 1.807) is 4.68 Å². The highest BCUT2D eigenvalue weighted by Gasteiger charge is 2.53. The van der Waals surface area contributed by atoms with E-state index in [1.165, 1.54) is 32.1 Å². The van der Waals surface area contributed by atoms with Gasteiger partial charge in [-0.15, -0.1) is 0 Å². The zero-order valence-corrected chi connectivity index (χ0v) is 14.8. The highest BCUT2D eigenvalue weighted by molar-refractivity contribution is 5.95. The Morgan fingerprint density at radius 3 is 2.76 bits per heavy atom. The number of aromatic nitrogens is 5. The van der Waals surface area contributed by atoms with Crippen molar-refractivity contribution in [2.45, 2.75) is 50.9 Å². The number of hydrogen-bond donors (Lipinski definition) is 1. The summed E-state index contributed by atoms with van der Waals surface area (Å²) in [4.78, 5) is 19.8. The van der Waals surface area contributed by atoms with Gasteiger partial charge in [-0.05, 0) is 38.0 Å². The molecule has 2 saturated carbocycles. The number of likely N-dealkylation sites (tertiary alicyclic amines) is 1. The highest BCUT2D eigenvalue weighted by atomic mass is 16.2. The second-order valence-corrected chi connectivity index (χ2v) is 8.11. The van der Waals surface area contributed by atoms with Gasteiger partial charge in [0.05, 0.1) is 11.3 Å². The molecule has 25 heavy (non-hydrogen) atoms. The lowest BCUT2D eigenvalue weighted by molar-refractivity contribution is 0.0723. The Labute approximate surface area is 146 Å². The first-order valence-corrected chi connectivity index (χ1v) is 9.27. The minimum Gasteiger partial charge on any atom is -0.337 e. The fourth-order valence-corrected chi connectivity index (χ4v) is 4.59. The monoisotopic (exact) mass is 340 g/mol. The van der Waals surface area contributed by atoms with E-state index in [2.05, 4.69) is 15.3 Å². The van der Waals surface area contributed by atoms with Crippen LogP contribution in [0.3, 0.4) is 0 Å². The lowest BCUT2D eigenvalue weighted by Crippen LogP contribution is -2.38. The van der Waals surface area contributed by atoms with Gasteiger partial charge < -0.3 is 4.90 Å². The third-order valence-corrected chi connectivity index (χ3v) is 6.32. The van der Waals surface area contributed by atoms with Gasteiger partial charge in [-0.3, -0.25) is 14.6 Å². The van der Waals surface area contributed by atoms with Crippen LogP contribution in [0.25, 0.3) is 0 Å². The van der Waals surface area contributed by atoms with Gasteiger partial charge in [0.2, 0.25) is 0 Å². The molecular weight excluding hydrogens is 316 g/mol. The van der Waals surface area contributed by atoms with E-state index in [0.717, 1.165) is 30.4 Å². The summed E-state index contributed by atoms with van der Waals surface area (Å²) in [6.07, 6.45) is 7.84. The van der Waals surface area contributed by atoms with E-state index in [0.29, 0.717) is 11.5 Å². The Morgan fingerprint density at radius 2 is 2.16 bits per heavy atom. The molecule has 1 atom stereocenters. The maximum atomic E-state index is 13.0. The van der Waals surface area contributed by atoms with Crippen molar-refractivity contribution in [3.05, 3.63) is 29.1 Å². The molecule has 7 heteroatoms. The number of hydrogen-bond acceptors (Lipinski definition) is 4. The first-order valence-electron chi connectivity index (χ1n) is 9.27. The maximum Gasteiger partial charge on any atom is 0.257 e.